The van der Waals surface area contributed by atoms with Gasteiger partial charge in [0.2, 0.25) is 0 Å². The summed E-state index contributed by atoms with van der Waals surface area (Å²) < 4.78 is 0. The van der Waals surface area contributed by atoms with E-state index < -0.39 is 6.10 Å². The Hall–Kier alpha value is -0.900. The molecule has 2 rings (SSSR count). The third-order valence-electron chi connectivity index (χ3n) is 4.42. The molecule has 3 unspecified atom stereocenters. The van der Waals surface area contributed by atoms with Gasteiger partial charge in [0.05, 0.1) is 6.10 Å². The molecule has 1 heterocycles. The Balaban J connectivity index is 1.85. The van der Waals surface area contributed by atoms with Crippen LogP contribution in [0.3, 0.4) is 0 Å². The number of benzene rings is 1. The van der Waals surface area contributed by atoms with Crippen LogP contribution in [0.25, 0.3) is 0 Å². The molecule has 3 nitrogen and oxygen atoms in total. The maximum absolute atomic E-state index is 10.4. The molecule has 1 aromatic carbocycles. The summed E-state index contributed by atoms with van der Waals surface area (Å²) in [7, 11) is 0. The van der Waals surface area contributed by atoms with Gasteiger partial charge in [-0.1, -0.05) is 43.2 Å². The third kappa shape index (κ3) is 4.58. The van der Waals surface area contributed by atoms with E-state index in [1.165, 1.54) is 31.2 Å². The van der Waals surface area contributed by atoms with Crippen molar-refractivity contribution in [2.24, 2.45) is 5.73 Å². The van der Waals surface area contributed by atoms with Crippen molar-refractivity contribution in [3.63, 3.8) is 0 Å². The summed E-state index contributed by atoms with van der Waals surface area (Å²) in [6.45, 7) is 4.06. The molecule has 3 atom stereocenters. The molecule has 0 aromatic heterocycles. The summed E-state index contributed by atoms with van der Waals surface area (Å²) in [6.07, 6.45) is 5.39. The largest absolute Gasteiger partial charge is 0.390 e. The molecule has 3 N–H and O–H groups in total. The van der Waals surface area contributed by atoms with Crippen LogP contribution in [0.2, 0.25) is 0 Å². The SMILES string of the molecule is CC1CCCCCN1CC(O)C(N)Cc1ccccc1. The normalized spacial score (nSPS) is 24.1. The maximum Gasteiger partial charge on any atom is 0.0821 e. The van der Waals surface area contributed by atoms with Crippen LogP contribution in [0.5, 0.6) is 0 Å². The summed E-state index contributed by atoms with van der Waals surface area (Å²) >= 11 is 0. The van der Waals surface area contributed by atoms with E-state index in [2.05, 4.69) is 24.0 Å². The summed E-state index contributed by atoms with van der Waals surface area (Å²) in [4.78, 5) is 2.41. The van der Waals surface area contributed by atoms with Gasteiger partial charge < -0.3 is 10.8 Å². The first-order chi connectivity index (χ1) is 9.66. The molecule has 0 spiro atoms. The topological polar surface area (TPSA) is 49.5 Å². The van der Waals surface area contributed by atoms with Crippen LogP contribution in [-0.4, -0.2) is 41.3 Å². The fraction of sp³-hybridized carbons (Fsp3) is 0.647. The Morgan fingerprint density at radius 3 is 2.75 bits per heavy atom. The molecule has 1 saturated heterocycles. The number of hydrogen-bond donors (Lipinski definition) is 2. The van der Waals surface area contributed by atoms with E-state index in [9.17, 15) is 5.11 Å². The van der Waals surface area contributed by atoms with Crippen LogP contribution in [0.4, 0.5) is 0 Å². The van der Waals surface area contributed by atoms with Gasteiger partial charge in [-0.15, -0.1) is 0 Å². The number of hydrogen-bond acceptors (Lipinski definition) is 3. The van der Waals surface area contributed by atoms with Gasteiger partial charge in [-0.3, -0.25) is 4.90 Å². The lowest BCUT2D eigenvalue weighted by molar-refractivity contribution is 0.0746. The van der Waals surface area contributed by atoms with Crippen LogP contribution < -0.4 is 5.73 Å². The third-order valence-corrected chi connectivity index (χ3v) is 4.42. The molecule has 20 heavy (non-hydrogen) atoms. The first-order valence-corrected chi connectivity index (χ1v) is 7.88. The Kier molecular flexibility index (Phi) is 6.02. The van der Waals surface area contributed by atoms with Crippen molar-refractivity contribution >= 4 is 0 Å². The van der Waals surface area contributed by atoms with Crippen LogP contribution in [-0.2, 0) is 6.42 Å². The van der Waals surface area contributed by atoms with Gasteiger partial charge in [0.25, 0.3) is 0 Å². The second-order valence-corrected chi connectivity index (χ2v) is 6.11. The van der Waals surface area contributed by atoms with Crippen molar-refractivity contribution < 1.29 is 5.11 Å². The molecule has 0 radical (unpaired) electrons. The average Bonchev–Trinajstić information content (AvgIpc) is 2.65. The molecular weight excluding hydrogens is 248 g/mol. The summed E-state index contributed by atoms with van der Waals surface area (Å²) in [5, 5.41) is 10.4. The number of nitrogens with zero attached hydrogens (tertiary/aromatic N) is 1. The van der Waals surface area contributed by atoms with E-state index in [-0.39, 0.29) is 6.04 Å². The minimum atomic E-state index is -0.448. The van der Waals surface area contributed by atoms with E-state index >= 15 is 0 Å². The highest BCUT2D eigenvalue weighted by Gasteiger charge is 2.23. The average molecular weight is 276 g/mol. The molecule has 112 valence electrons. The van der Waals surface area contributed by atoms with Crippen molar-refractivity contribution in [2.75, 3.05) is 13.1 Å². The predicted octanol–water partition coefficient (Wildman–Crippen LogP) is 2.18. The number of β-amino-alcohol motifs (C(OH)–C–C–N with tert-alkyl or cyclic N) is 1. The molecule has 3 heteroatoms. The first kappa shape index (κ1) is 15.5. The van der Waals surface area contributed by atoms with Gasteiger partial charge in [0.1, 0.15) is 0 Å². The molecular formula is C17H28N2O. The van der Waals surface area contributed by atoms with E-state index in [1.54, 1.807) is 0 Å². The van der Waals surface area contributed by atoms with Gasteiger partial charge in [-0.25, -0.2) is 0 Å². The smallest absolute Gasteiger partial charge is 0.0821 e. The minimum absolute atomic E-state index is 0.187. The summed E-state index contributed by atoms with van der Waals surface area (Å²) in [5.41, 5.74) is 7.37. The van der Waals surface area contributed by atoms with Gasteiger partial charge in [-0.05, 0) is 38.3 Å². The zero-order valence-electron chi connectivity index (χ0n) is 12.5. The van der Waals surface area contributed by atoms with Crippen molar-refractivity contribution in [3.05, 3.63) is 35.9 Å². The number of likely N-dealkylation sites (tertiary alicyclic amines) is 1. The zero-order valence-corrected chi connectivity index (χ0v) is 12.5. The molecule has 0 saturated carbocycles. The lowest BCUT2D eigenvalue weighted by Gasteiger charge is -2.31. The summed E-state index contributed by atoms with van der Waals surface area (Å²) in [5.74, 6) is 0. The van der Waals surface area contributed by atoms with E-state index in [4.69, 9.17) is 5.73 Å². The van der Waals surface area contributed by atoms with Gasteiger partial charge in [0, 0.05) is 18.6 Å². The summed E-state index contributed by atoms with van der Waals surface area (Å²) in [6, 6.07) is 10.6. The molecule has 1 fully saturated rings. The quantitative estimate of drug-likeness (QED) is 0.866. The Bertz CT molecular complexity index is 382. The number of rotatable bonds is 5. The van der Waals surface area contributed by atoms with Gasteiger partial charge in [-0.2, -0.15) is 0 Å². The first-order valence-electron chi connectivity index (χ1n) is 7.88. The van der Waals surface area contributed by atoms with Gasteiger partial charge >= 0.3 is 0 Å². The predicted molar refractivity (Wildman–Crippen MR) is 83.6 cm³/mol. The highest BCUT2D eigenvalue weighted by molar-refractivity contribution is 5.16. The van der Waals surface area contributed by atoms with Crippen molar-refractivity contribution in [3.8, 4) is 0 Å². The fourth-order valence-corrected chi connectivity index (χ4v) is 3.00. The Morgan fingerprint density at radius 2 is 2.00 bits per heavy atom. The molecule has 1 aromatic rings. The fourth-order valence-electron chi connectivity index (χ4n) is 3.00. The number of aliphatic hydroxyl groups excluding tert-OH is 1. The number of aliphatic hydroxyl groups is 1. The lowest BCUT2D eigenvalue weighted by atomic mass is 10.0. The van der Waals surface area contributed by atoms with Crippen LogP contribution in [0, 0.1) is 0 Å². The zero-order chi connectivity index (χ0) is 14.4. The lowest BCUT2D eigenvalue weighted by Crippen LogP contribution is -2.47. The van der Waals surface area contributed by atoms with Crippen molar-refractivity contribution in [2.45, 2.75) is 57.2 Å². The Morgan fingerprint density at radius 1 is 1.25 bits per heavy atom. The molecule has 0 amide bonds. The molecule has 0 aliphatic carbocycles. The number of nitrogens with two attached hydrogens (primary N) is 1. The maximum atomic E-state index is 10.4. The van der Waals surface area contributed by atoms with Crippen molar-refractivity contribution in [1.29, 1.82) is 0 Å². The van der Waals surface area contributed by atoms with E-state index in [1.807, 2.05) is 18.2 Å². The van der Waals surface area contributed by atoms with E-state index in [0.717, 1.165) is 13.0 Å². The van der Waals surface area contributed by atoms with Crippen LogP contribution in [0.1, 0.15) is 38.2 Å². The van der Waals surface area contributed by atoms with E-state index in [0.29, 0.717) is 12.6 Å². The Labute approximate surface area is 122 Å². The minimum Gasteiger partial charge on any atom is -0.390 e. The van der Waals surface area contributed by atoms with Crippen LogP contribution >= 0.6 is 0 Å². The molecule has 1 aliphatic heterocycles. The second kappa shape index (κ2) is 7.77. The standard InChI is InChI=1S/C17H28N2O/c1-14-8-4-3-7-11-19(14)13-17(20)16(18)12-15-9-5-2-6-10-15/h2,5-6,9-10,14,16-17,20H,3-4,7-8,11-13,18H2,1H3. The highest BCUT2D eigenvalue weighted by atomic mass is 16.3. The molecule has 0 bridgehead atoms. The van der Waals surface area contributed by atoms with Gasteiger partial charge in [0.15, 0.2) is 0 Å². The van der Waals surface area contributed by atoms with Crippen LogP contribution in [0.15, 0.2) is 30.3 Å². The second-order valence-electron chi connectivity index (χ2n) is 6.11. The monoisotopic (exact) mass is 276 g/mol. The molecule has 1 aliphatic rings. The van der Waals surface area contributed by atoms with Crippen molar-refractivity contribution in [1.82, 2.24) is 4.90 Å². The highest BCUT2D eigenvalue weighted by Crippen LogP contribution is 2.17.